The first kappa shape index (κ1) is 11.7. The largest absolute Gasteiger partial charge is 0.497 e. The van der Waals surface area contributed by atoms with Crippen LogP contribution in [0, 0.1) is 0 Å². The maximum atomic E-state index is 12.5. The van der Waals surface area contributed by atoms with Gasteiger partial charge < -0.3 is 4.74 Å². The maximum Gasteiger partial charge on any atom is 0.259 e. The number of fused-ring (bicyclic) bond motifs is 1. The summed E-state index contributed by atoms with van der Waals surface area (Å²) in [6.45, 7) is 0.649. The molecule has 0 bridgehead atoms. The molecule has 1 aliphatic heterocycles. The summed E-state index contributed by atoms with van der Waals surface area (Å²) in [5, 5.41) is 0. The smallest absolute Gasteiger partial charge is 0.259 e. The molecule has 4 heteroatoms. The molecular weight excluding hydrogens is 240 g/mol. The Hall–Kier alpha value is -2.36. The molecule has 19 heavy (non-hydrogen) atoms. The molecule has 2 heterocycles. The molecule has 0 fully saturated rings. The Labute approximate surface area is 111 Å². The molecule has 4 nitrogen and oxygen atoms in total. The highest BCUT2D eigenvalue weighted by molar-refractivity contribution is 6.07. The number of nitrogens with zero attached hydrogens (tertiary/aromatic N) is 2. The summed E-state index contributed by atoms with van der Waals surface area (Å²) in [4.78, 5) is 18.4. The van der Waals surface area contributed by atoms with Crippen LogP contribution in [-0.2, 0) is 6.42 Å². The molecule has 3 rings (SSSR count). The molecule has 0 saturated carbocycles. The molecule has 0 radical (unpaired) electrons. The first-order chi connectivity index (χ1) is 9.29. The second kappa shape index (κ2) is 4.72. The number of rotatable bonds is 2. The summed E-state index contributed by atoms with van der Waals surface area (Å²) in [6, 6.07) is 11.2. The Morgan fingerprint density at radius 1 is 1.26 bits per heavy atom. The van der Waals surface area contributed by atoms with Crippen LogP contribution in [0.3, 0.4) is 0 Å². The highest BCUT2D eigenvalue weighted by Crippen LogP contribution is 2.26. The molecule has 1 aliphatic rings. The molecular formula is C15H14N2O2. The molecule has 0 unspecified atom stereocenters. The van der Waals surface area contributed by atoms with Crippen LogP contribution < -0.4 is 9.64 Å². The van der Waals surface area contributed by atoms with Gasteiger partial charge >= 0.3 is 0 Å². The summed E-state index contributed by atoms with van der Waals surface area (Å²) in [5.74, 6) is 1.49. The standard InChI is InChI=1S/C15H14N2O2/c1-19-12-5-6-13-11(10-12)7-9-17(15(13)18)14-4-2-3-8-16-14/h2-6,8,10H,7,9H2,1H3. The van der Waals surface area contributed by atoms with Crippen molar-refractivity contribution in [1.29, 1.82) is 0 Å². The Kier molecular flexibility index (Phi) is 2.91. The Bertz CT molecular complexity index is 611. The van der Waals surface area contributed by atoms with E-state index in [1.165, 1.54) is 0 Å². The summed E-state index contributed by atoms with van der Waals surface area (Å²) < 4.78 is 5.19. The third kappa shape index (κ3) is 2.05. The van der Waals surface area contributed by atoms with Crippen molar-refractivity contribution in [3.05, 3.63) is 53.7 Å². The highest BCUT2D eigenvalue weighted by Gasteiger charge is 2.26. The molecule has 0 saturated heterocycles. The number of hydrogen-bond acceptors (Lipinski definition) is 3. The zero-order chi connectivity index (χ0) is 13.2. The lowest BCUT2D eigenvalue weighted by atomic mass is 9.98. The quantitative estimate of drug-likeness (QED) is 0.825. The number of ether oxygens (including phenoxy) is 1. The molecule has 1 aromatic heterocycles. The van der Waals surface area contributed by atoms with Crippen molar-refractivity contribution < 1.29 is 9.53 Å². The maximum absolute atomic E-state index is 12.5. The number of pyridine rings is 1. The van der Waals surface area contributed by atoms with Gasteiger partial charge in [0.25, 0.3) is 5.91 Å². The molecule has 0 aliphatic carbocycles. The van der Waals surface area contributed by atoms with Crippen LogP contribution in [0.25, 0.3) is 0 Å². The fraction of sp³-hybridized carbons (Fsp3) is 0.200. The summed E-state index contributed by atoms with van der Waals surface area (Å²) in [5.41, 5.74) is 1.77. The van der Waals surface area contributed by atoms with Gasteiger partial charge in [0.15, 0.2) is 0 Å². The van der Waals surface area contributed by atoms with E-state index < -0.39 is 0 Å². The summed E-state index contributed by atoms with van der Waals surface area (Å²) in [7, 11) is 1.63. The molecule has 1 aromatic carbocycles. The van der Waals surface area contributed by atoms with Gasteiger partial charge in [0.1, 0.15) is 11.6 Å². The summed E-state index contributed by atoms with van der Waals surface area (Å²) >= 11 is 0. The van der Waals surface area contributed by atoms with Gasteiger partial charge in [-0.25, -0.2) is 4.98 Å². The van der Waals surface area contributed by atoms with E-state index in [0.717, 1.165) is 23.3 Å². The van der Waals surface area contributed by atoms with Gasteiger partial charge in [0.2, 0.25) is 0 Å². The molecule has 1 amide bonds. The van der Waals surface area contributed by atoms with E-state index in [1.54, 1.807) is 18.2 Å². The number of methoxy groups -OCH3 is 1. The number of hydrogen-bond donors (Lipinski definition) is 0. The number of amides is 1. The van der Waals surface area contributed by atoms with Crippen LogP contribution in [-0.4, -0.2) is 24.5 Å². The Morgan fingerprint density at radius 3 is 2.89 bits per heavy atom. The van der Waals surface area contributed by atoms with Crippen molar-refractivity contribution in [3.8, 4) is 5.75 Å². The predicted molar refractivity (Wildman–Crippen MR) is 72.6 cm³/mol. The Balaban J connectivity index is 1.97. The van der Waals surface area contributed by atoms with Crippen LogP contribution in [0.15, 0.2) is 42.6 Å². The zero-order valence-corrected chi connectivity index (χ0v) is 10.7. The summed E-state index contributed by atoms with van der Waals surface area (Å²) in [6.07, 6.45) is 2.51. The lowest BCUT2D eigenvalue weighted by molar-refractivity contribution is 0.0980. The van der Waals surface area contributed by atoms with E-state index in [0.29, 0.717) is 12.4 Å². The number of carbonyl (C=O) groups is 1. The van der Waals surface area contributed by atoms with Crippen molar-refractivity contribution in [3.63, 3.8) is 0 Å². The average Bonchev–Trinajstić information content (AvgIpc) is 2.48. The first-order valence-corrected chi connectivity index (χ1v) is 6.19. The minimum absolute atomic E-state index is 0.00241. The first-order valence-electron chi connectivity index (χ1n) is 6.19. The lowest BCUT2D eigenvalue weighted by Gasteiger charge is -2.27. The van der Waals surface area contributed by atoms with E-state index in [4.69, 9.17) is 4.74 Å². The third-order valence-electron chi connectivity index (χ3n) is 3.32. The minimum atomic E-state index is 0.00241. The number of carbonyl (C=O) groups excluding carboxylic acids is 1. The normalized spacial score (nSPS) is 14.2. The van der Waals surface area contributed by atoms with E-state index in [-0.39, 0.29) is 5.91 Å². The van der Waals surface area contributed by atoms with Crippen LogP contribution in [0.1, 0.15) is 15.9 Å². The topological polar surface area (TPSA) is 42.4 Å². The second-order valence-electron chi connectivity index (χ2n) is 4.42. The van der Waals surface area contributed by atoms with Crippen molar-refractivity contribution in [2.75, 3.05) is 18.6 Å². The van der Waals surface area contributed by atoms with E-state index in [9.17, 15) is 4.79 Å². The van der Waals surface area contributed by atoms with E-state index >= 15 is 0 Å². The van der Waals surface area contributed by atoms with Crippen LogP contribution in [0.5, 0.6) is 5.75 Å². The van der Waals surface area contributed by atoms with Crippen LogP contribution in [0.4, 0.5) is 5.82 Å². The third-order valence-corrected chi connectivity index (χ3v) is 3.32. The second-order valence-corrected chi connectivity index (χ2v) is 4.42. The SMILES string of the molecule is COc1ccc2c(c1)CCN(c1ccccn1)C2=O. The van der Waals surface area contributed by atoms with Crippen molar-refractivity contribution >= 4 is 11.7 Å². The van der Waals surface area contributed by atoms with Gasteiger partial charge in [-0.1, -0.05) is 6.07 Å². The fourth-order valence-corrected chi connectivity index (χ4v) is 2.32. The number of aromatic nitrogens is 1. The van der Waals surface area contributed by atoms with Gasteiger partial charge in [0, 0.05) is 18.3 Å². The molecule has 0 atom stereocenters. The highest BCUT2D eigenvalue weighted by atomic mass is 16.5. The molecule has 0 N–H and O–H groups in total. The monoisotopic (exact) mass is 254 g/mol. The predicted octanol–water partition coefficient (Wildman–Crippen LogP) is 2.29. The van der Waals surface area contributed by atoms with Crippen molar-refractivity contribution in [2.45, 2.75) is 6.42 Å². The molecule has 96 valence electrons. The molecule has 2 aromatic rings. The Morgan fingerprint density at radius 2 is 2.16 bits per heavy atom. The fourth-order valence-electron chi connectivity index (χ4n) is 2.32. The number of anilines is 1. The molecule has 0 spiro atoms. The van der Waals surface area contributed by atoms with Crippen molar-refractivity contribution in [2.24, 2.45) is 0 Å². The van der Waals surface area contributed by atoms with Gasteiger partial charge in [0.05, 0.1) is 7.11 Å². The van der Waals surface area contributed by atoms with Gasteiger partial charge in [-0.15, -0.1) is 0 Å². The minimum Gasteiger partial charge on any atom is -0.497 e. The lowest BCUT2D eigenvalue weighted by Crippen LogP contribution is -2.38. The van der Waals surface area contributed by atoms with Gasteiger partial charge in [-0.05, 0) is 42.3 Å². The van der Waals surface area contributed by atoms with Crippen molar-refractivity contribution in [1.82, 2.24) is 4.98 Å². The van der Waals surface area contributed by atoms with Crippen LogP contribution in [0.2, 0.25) is 0 Å². The van der Waals surface area contributed by atoms with Gasteiger partial charge in [-0.2, -0.15) is 0 Å². The average molecular weight is 254 g/mol. The van der Waals surface area contributed by atoms with E-state index in [2.05, 4.69) is 4.98 Å². The van der Waals surface area contributed by atoms with Gasteiger partial charge in [-0.3, -0.25) is 9.69 Å². The van der Waals surface area contributed by atoms with Crippen LogP contribution >= 0.6 is 0 Å². The zero-order valence-electron chi connectivity index (χ0n) is 10.7. The van der Waals surface area contributed by atoms with E-state index in [1.807, 2.05) is 36.4 Å². The number of benzene rings is 1.